The van der Waals surface area contributed by atoms with E-state index in [1.807, 2.05) is 48.9 Å². The van der Waals surface area contributed by atoms with Gasteiger partial charge in [-0.15, -0.1) is 20.4 Å². The topological polar surface area (TPSA) is 82.1 Å². The minimum absolute atomic E-state index is 0.0274. The van der Waals surface area contributed by atoms with Crippen molar-refractivity contribution < 1.29 is 9.15 Å². The summed E-state index contributed by atoms with van der Waals surface area (Å²) in [5.74, 6) is 1.96. The highest BCUT2D eigenvalue weighted by Crippen LogP contribution is 2.35. The van der Waals surface area contributed by atoms with Crippen LogP contribution in [0.25, 0.3) is 11.5 Å². The number of hydrogen-bond acceptors (Lipinski definition) is 8. The van der Waals surface area contributed by atoms with E-state index in [0.29, 0.717) is 11.8 Å². The molecular weight excluding hydrogens is 352 g/mol. The summed E-state index contributed by atoms with van der Waals surface area (Å²) < 4.78 is 13.2. The van der Waals surface area contributed by atoms with E-state index in [9.17, 15) is 0 Å². The molecular formula is C17H20N6O2S. The molecule has 0 spiro atoms. The summed E-state index contributed by atoms with van der Waals surface area (Å²) in [4.78, 5) is 2.19. The average Bonchev–Trinajstić information content (AvgIpc) is 3.31. The third kappa shape index (κ3) is 3.45. The lowest BCUT2D eigenvalue weighted by Gasteiger charge is -2.27. The van der Waals surface area contributed by atoms with Crippen LogP contribution in [-0.4, -0.2) is 51.3 Å². The van der Waals surface area contributed by atoms with Crippen molar-refractivity contribution in [2.75, 3.05) is 31.2 Å². The van der Waals surface area contributed by atoms with Crippen LogP contribution in [-0.2, 0) is 11.8 Å². The largest absolute Gasteiger partial charge is 0.419 e. The second-order valence-corrected chi connectivity index (χ2v) is 7.32. The van der Waals surface area contributed by atoms with Gasteiger partial charge in [0.15, 0.2) is 5.16 Å². The van der Waals surface area contributed by atoms with E-state index in [2.05, 4.69) is 25.3 Å². The quantitative estimate of drug-likeness (QED) is 0.632. The first-order chi connectivity index (χ1) is 12.7. The number of ether oxygens (including phenoxy) is 1. The van der Waals surface area contributed by atoms with Gasteiger partial charge in [0.05, 0.1) is 18.5 Å². The second kappa shape index (κ2) is 7.46. The van der Waals surface area contributed by atoms with E-state index in [1.165, 1.54) is 0 Å². The van der Waals surface area contributed by atoms with Crippen molar-refractivity contribution in [2.45, 2.75) is 17.3 Å². The number of morpholine rings is 1. The fourth-order valence-corrected chi connectivity index (χ4v) is 3.59. The van der Waals surface area contributed by atoms with E-state index < -0.39 is 0 Å². The maximum Gasteiger partial charge on any atom is 0.247 e. The van der Waals surface area contributed by atoms with Crippen LogP contribution < -0.4 is 4.90 Å². The Morgan fingerprint density at radius 2 is 1.81 bits per heavy atom. The molecule has 9 heteroatoms. The summed E-state index contributed by atoms with van der Waals surface area (Å²) in [6.45, 7) is 5.12. The first-order valence-electron chi connectivity index (χ1n) is 8.50. The van der Waals surface area contributed by atoms with Crippen molar-refractivity contribution in [2.24, 2.45) is 7.05 Å². The lowest BCUT2D eigenvalue weighted by molar-refractivity contribution is 0.121. The van der Waals surface area contributed by atoms with E-state index in [0.717, 1.165) is 43.0 Å². The summed E-state index contributed by atoms with van der Waals surface area (Å²) in [5.41, 5.74) is 0.914. The Morgan fingerprint density at radius 3 is 2.58 bits per heavy atom. The third-order valence-corrected chi connectivity index (χ3v) is 5.32. The highest BCUT2D eigenvalue weighted by molar-refractivity contribution is 7.99. The Bertz CT molecular complexity index is 859. The molecule has 0 saturated carbocycles. The maximum atomic E-state index is 5.84. The predicted molar refractivity (Wildman–Crippen MR) is 98.0 cm³/mol. The number of thioether (sulfide) groups is 1. The molecule has 1 atom stereocenters. The minimum Gasteiger partial charge on any atom is -0.419 e. The van der Waals surface area contributed by atoms with Crippen molar-refractivity contribution in [1.82, 2.24) is 25.0 Å². The van der Waals surface area contributed by atoms with Gasteiger partial charge >= 0.3 is 0 Å². The maximum absolute atomic E-state index is 5.84. The van der Waals surface area contributed by atoms with Crippen LogP contribution in [0.15, 0.2) is 39.9 Å². The summed E-state index contributed by atoms with van der Waals surface area (Å²) in [5, 5.41) is 17.8. The molecule has 0 amide bonds. The Balaban J connectivity index is 1.48. The van der Waals surface area contributed by atoms with Crippen LogP contribution in [0.1, 0.15) is 18.1 Å². The first-order valence-corrected chi connectivity index (χ1v) is 9.38. The molecule has 1 aliphatic rings. The molecule has 0 aliphatic carbocycles. The van der Waals surface area contributed by atoms with Crippen LogP contribution in [0.5, 0.6) is 0 Å². The molecule has 0 bridgehead atoms. The fourth-order valence-electron chi connectivity index (χ4n) is 2.75. The zero-order chi connectivity index (χ0) is 17.9. The van der Waals surface area contributed by atoms with Crippen molar-refractivity contribution in [3.63, 3.8) is 0 Å². The summed E-state index contributed by atoms with van der Waals surface area (Å²) in [6, 6.07) is 9.76. The smallest absolute Gasteiger partial charge is 0.247 e. The van der Waals surface area contributed by atoms with E-state index >= 15 is 0 Å². The molecule has 4 rings (SSSR count). The van der Waals surface area contributed by atoms with Crippen molar-refractivity contribution in [1.29, 1.82) is 0 Å². The molecule has 1 aromatic carbocycles. The zero-order valence-corrected chi connectivity index (χ0v) is 15.5. The van der Waals surface area contributed by atoms with Gasteiger partial charge in [-0.3, -0.25) is 4.57 Å². The van der Waals surface area contributed by atoms with Gasteiger partial charge in [0.2, 0.25) is 17.7 Å². The average molecular weight is 372 g/mol. The summed E-state index contributed by atoms with van der Waals surface area (Å²) in [7, 11) is 1.98. The molecule has 1 fully saturated rings. The number of anilines is 1. The molecule has 0 N–H and O–H groups in total. The Morgan fingerprint density at radius 1 is 1.04 bits per heavy atom. The first kappa shape index (κ1) is 17.0. The Kier molecular flexibility index (Phi) is 4.89. The molecule has 0 radical (unpaired) electrons. The van der Waals surface area contributed by atoms with Crippen LogP contribution in [0.3, 0.4) is 0 Å². The number of nitrogens with zero attached hydrogens (tertiary/aromatic N) is 6. The number of benzene rings is 1. The third-order valence-electron chi connectivity index (χ3n) is 4.20. The van der Waals surface area contributed by atoms with Gasteiger partial charge in [-0.2, -0.15) is 0 Å². The predicted octanol–water partition coefficient (Wildman–Crippen LogP) is 2.56. The van der Waals surface area contributed by atoms with E-state index in [4.69, 9.17) is 9.15 Å². The lowest BCUT2D eigenvalue weighted by atomic mass is 10.2. The lowest BCUT2D eigenvalue weighted by Crippen LogP contribution is -2.37. The van der Waals surface area contributed by atoms with E-state index in [1.54, 1.807) is 11.8 Å². The Labute approximate surface area is 155 Å². The second-order valence-electron chi connectivity index (χ2n) is 6.01. The molecule has 2 aromatic heterocycles. The van der Waals surface area contributed by atoms with Crippen molar-refractivity contribution >= 4 is 17.7 Å². The molecule has 1 aliphatic heterocycles. The van der Waals surface area contributed by atoms with Gasteiger partial charge in [-0.25, -0.2) is 0 Å². The van der Waals surface area contributed by atoms with Gasteiger partial charge < -0.3 is 14.1 Å². The number of hydrogen-bond donors (Lipinski definition) is 0. The normalized spacial score (nSPS) is 16.0. The Hall–Kier alpha value is -2.39. The van der Waals surface area contributed by atoms with Gasteiger partial charge in [0, 0.05) is 25.7 Å². The fraction of sp³-hybridized carbons (Fsp3) is 0.412. The molecule has 3 heterocycles. The monoisotopic (exact) mass is 372 g/mol. The molecule has 136 valence electrons. The van der Waals surface area contributed by atoms with Gasteiger partial charge in [-0.1, -0.05) is 30.0 Å². The SMILES string of the molecule is CC(Sc1nnc(N2CCOCC2)n1C)c1nnc(-c2ccccc2)o1. The van der Waals surface area contributed by atoms with Crippen molar-refractivity contribution in [3.8, 4) is 11.5 Å². The summed E-state index contributed by atoms with van der Waals surface area (Å²) >= 11 is 1.55. The van der Waals surface area contributed by atoms with Crippen LogP contribution in [0.2, 0.25) is 0 Å². The zero-order valence-electron chi connectivity index (χ0n) is 14.7. The summed E-state index contributed by atoms with van der Waals surface area (Å²) in [6.07, 6.45) is 0. The van der Waals surface area contributed by atoms with Crippen LogP contribution >= 0.6 is 11.8 Å². The van der Waals surface area contributed by atoms with Gasteiger partial charge in [0.25, 0.3) is 0 Å². The van der Waals surface area contributed by atoms with Gasteiger partial charge in [0.1, 0.15) is 0 Å². The molecule has 8 nitrogen and oxygen atoms in total. The number of rotatable bonds is 5. The van der Waals surface area contributed by atoms with Crippen LogP contribution in [0.4, 0.5) is 5.95 Å². The molecule has 26 heavy (non-hydrogen) atoms. The highest BCUT2D eigenvalue weighted by Gasteiger charge is 2.22. The number of aromatic nitrogens is 5. The van der Waals surface area contributed by atoms with E-state index in [-0.39, 0.29) is 5.25 Å². The standard InChI is InChI=1S/C17H20N6O2S/c1-12(14-18-19-15(25-14)13-6-4-3-5-7-13)26-17-21-20-16(22(17)2)23-8-10-24-11-9-23/h3-7,12H,8-11H2,1-2H3. The molecule has 1 saturated heterocycles. The van der Waals surface area contributed by atoms with Crippen molar-refractivity contribution in [3.05, 3.63) is 36.2 Å². The highest BCUT2D eigenvalue weighted by atomic mass is 32.2. The minimum atomic E-state index is -0.0274. The van der Waals surface area contributed by atoms with Gasteiger partial charge in [-0.05, 0) is 19.1 Å². The van der Waals surface area contributed by atoms with Crippen LogP contribution in [0, 0.1) is 0 Å². The molecule has 1 unspecified atom stereocenters. The molecule has 3 aromatic rings.